The SMILES string of the molecule is CNc1cnc(N2CCCCCC2)c2cc(F)ccc12. The lowest BCUT2D eigenvalue weighted by molar-refractivity contribution is 0.629. The van der Waals surface area contributed by atoms with E-state index in [4.69, 9.17) is 0 Å². The third-order valence-corrected chi connectivity index (χ3v) is 4.00. The summed E-state index contributed by atoms with van der Waals surface area (Å²) in [6.07, 6.45) is 6.77. The predicted molar refractivity (Wildman–Crippen MR) is 81.9 cm³/mol. The van der Waals surface area contributed by atoms with Gasteiger partial charge in [-0.1, -0.05) is 12.8 Å². The van der Waals surface area contributed by atoms with Crippen molar-refractivity contribution in [3.63, 3.8) is 0 Å². The van der Waals surface area contributed by atoms with Crippen LogP contribution in [-0.4, -0.2) is 25.1 Å². The van der Waals surface area contributed by atoms with E-state index in [1.807, 2.05) is 19.3 Å². The van der Waals surface area contributed by atoms with E-state index in [1.165, 1.54) is 31.7 Å². The van der Waals surface area contributed by atoms with Crippen molar-refractivity contribution in [3.05, 3.63) is 30.2 Å². The second-order valence-electron chi connectivity index (χ2n) is 5.34. The van der Waals surface area contributed by atoms with Gasteiger partial charge in [0.05, 0.1) is 11.9 Å². The van der Waals surface area contributed by atoms with Crippen LogP contribution in [0.15, 0.2) is 24.4 Å². The summed E-state index contributed by atoms with van der Waals surface area (Å²) in [6, 6.07) is 4.94. The lowest BCUT2D eigenvalue weighted by Gasteiger charge is -2.23. The van der Waals surface area contributed by atoms with Crippen LogP contribution in [0.4, 0.5) is 15.9 Å². The Morgan fingerprint density at radius 1 is 1.10 bits per heavy atom. The third kappa shape index (κ3) is 2.42. The van der Waals surface area contributed by atoms with Gasteiger partial charge < -0.3 is 10.2 Å². The van der Waals surface area contributed by atoms with E-state index in [0.717, 1.165) is 35.4 Å². The Bertz CT molecular complexity index is 604. The molecule has 1 saturated heterocycles. The molecule has 4 heteroatoms. The highest BCUT2D eigenvalue weighted by Crippen LogP contribution is 2.31. The van der Waals surface area contributed by atoms with Gasteiger partial charge in [-0.25, -0.2) is 9.37 Å². The minimum absolute atomic E-state index is 0.205. The van der Waals surface area contributed by atoms with Gasteiger partial charge in [-0.2, -0.15) is 0 Å². The first-order chi connectivity index (χ1) is 9.79. The number of aromatic nitrogens is 1. The fourth-order valence-corrected chi connectivity index (χ4v) is 2.93. The Balaban J connectivity index is 2.12. The molecule has 0 bridgehead atoms. The Hall–Kier alpha value is -1.84. The van der Waals surface area contributed by atoms with E-state index >= 15 is 0 Å². The number of anilines is 2. The van der Waals surface area contributed by atoms with E-state index in [9.17, 15) is 4.39 Å². The fraction of sp³-hybridized carbons (Fsp3) is 0.438. The average molecular weight is 273 g/mol. The van der Waals surface area contributed by atoms with Gasteiger partial charge in [0.2, 0.25) is 0 Å². The predicted octanol–water partition coefficient (Wildman–Crippen LogP) is 3.80. The molecule has 3 nitrogen and oxygen atoms in total. The molecule has 1 aromatic heterocycles. The number of hydrogen-bond acceptors (Lipinski definition) is 3. The van der Waals surface area contributed by atoms with Crippen molar-refractivity contribution in [1.29, 1.82) is 0 Å². The second-order valence-corrected chi connectivity index (χ2v) is 5.34. The van der Waals surface area contributed by atoms with Gasteiger partial charge in [-0.05, 0) is 31.0 Å². The molecule has 106 valence electrons. The lowest BCUT2D eigenvalue weighted by Crippen LogP contribution is -2.25. The highest BCUT2D eigenvalue weighted by atomic mass is 19.1. The first-order valence-electron chi connectivity index (χ1n) is 7.30. The minimum Gasteiger partial charge on any atom is -0.386 e. The van der Waals surface area contributed by atoms with Crippen LogP contribution in [-0.2, 0) is 0 Å². The molecule has 2 heterocycles. The molecule has 0 atom stereocenters. The number of benzene rings is 1. The van der Waals surface area contributed by atoms with Crippen LogP contribution in [0.3, 0.4) is 0 Å². The number of hydrogen-bond donors (Lipinski definition) is 1. The van der Waals surface area contributed by atoms with E-state index < -0.39 is 0 Å². The van der Waals surface area contributed by atoms with Gasteiger partial charge in [0, 0.05) is 30.9 Å². The summed E-state index contributed by atoms with van der Waals surface area (Å²) in [4.78, 5) is 6.88. The molecule has 0 spiro atoms. The van der Waals surface area contributed by atoms with Crippen molar-refractivity contribution in [1.82, 2.24) is 4.98 Å². The Morgan fingerprint density at radius 2 is 1.85 bits per heavy atom. The van der Waals surface area contributed by atoms with Crippen LogP contribution >= 0.6 is 0 Å². The van der Waals surface area contributed by atoms with Gasteiger partial charge in [0.1, 0.15) is 11.6 Å². The lowest BCUT2D eigenvalue weighted by atomic mass is 10.1. The number of rotatable bonds is 2. The van der Waals surface area contributed by atoms with E-state index in [1.54, 1.807) is 6.07 Å². The molecule has 1 aromatic carbocycles. The summed E-state index contributed by atoms with van der Waals surface area (Å²) in [5.41, 5.74) is 0.943. The highest BCUT2D eigenvalue weighted by Gasteiger charge is 2.15. The Labute approximate surface area is 118 Å². The minimum atomic E-state index is -0.205. The molecule has 0 unspecified atom stereocenters. The van der Waals surface area contributed by atoms with Gasteiger partial charge in [-0.3, -0.25) is 0 Å². The van der Waals surface area contributed by atoms with Crippen LogP contribution in [0.2, 0.25) is 0 Å². The Kier molecular flexibility index (Phi) is 3.72. The average Bonchev–Trinajstić information content (AvgIpc) is 2.75. The largest absolute Gasteiger partial charge is 0.386 e. The van der Waals surface area contributed by atoms with Crippen LogP contribution in [0, 0.1) is 5.82 Å². The molecule has 1 aliphatic rings. The van der Waals surface area contributed by atoms with Gasteiger partial charge >= 0.3 is 0 Å². The molecular formula is C16H20FN3. The standard InChI is InChI=1S/C16H20FN3/c1-18-15-11-19-16(20-8-4-2-3-5-9-20)14-10-12(17)6-7-13(14)15/h6-7,10-11,18H,2-5,8-9H2,1H3. The van der Waals surface area contributed by atoms with Crippen molar-refractivity contribution in [2.45, 2.75) is 25.7 Å². The molecule has 1 N–H and O–H groups in total. The van der Waals surface area contributed by atoms with E-state index in [-0.39, 0.29) is 5.82 Å². The summed E-state index contributed by atoms with van der Waals surface area (Å²) < 4.78 is 13.6. The number of pyridine rings is 1. The van der Waals surface area contributed by atoms with Crippen LogP contribution in [0.1, 0.15) is 25.7 Å². The second kappa shape index (κ2) is 5.65. The van der Waals surface area contributed by atoms with E-state index in [2.05, 4.69) is 15.2 Å². The zero-order valence-corrected chi connectivity index (χ0v) is 11.8. The number of nitrogens with one attached hydrogen (secondary N) is 1. The first kappa shape index (κ1) is 13.2. The quantitative estimate of drug-likeness (QED) is 0.902. The van der Waals surface area contributed by atoms with Crippen molar-refractivity contribution >= 4 is 22.3 Å². The molecular weight excluding hydrogens is 253 g/mol. The van der Waals surface area contributed by atoms with Crippen molar-refractivity contribution in [3.8, 4) is 0 Å². The first-order valence-corrected chi connectivity index (χ1v) is 7.30. The summed E-state index contributed by atoms with van der Waals surface area (Å²) in [6.45, 7) is 2.02. The van der Waals surface area contributed by atoms with Crippen molar-refractivity contribution in [2.75, 3.05) is 30.4 Å². The zero-order chi connectivity index (χ0) is 13.9. The van der Waals surface area contributed by atoms with E-state index in [0.29, 0.717) is 0 Å². The van der Waals surface area contributed by atoms with Gasteiger partial charge in [0.25, 0.3) is 0 Å². The Morgan fingerprint density at radius 3 is 2.55 bits per heavy atom. The molecule has 0 aliphatic carbocycles. The van der Waals surface area contributed by atoms with Crippen LogP contribution in [0.25, 0.3) is 10.8 Å². The van der Waals surface area contributed by atoms with Crippen LogP contribution < -0.4 is 10.2 Å². The summed E-state index contributed by atoms with van der Waals surface area (Å²) >= 11 is 0. The molecule has 1 fully saturated rings. The van der Waals surface area contributed by atoms with Crippen LogP contribution in [0.5, 0.6) is 0 Å². The molecule has 0 amide bonds. The molecule has 1 aliphatic heterocycles. The third-order valence-electron chi connectivity index (χ3n) is 4.00. The smallest absolute Gasteiger partial charge is 0.136 e. The molecule has 2 aromatic rings. The van der Waals surface area contributed by atoms with Gasteiger partial charge in [-0.15, -0.1) is 0 Å². The highest BCUT2D eigenvalue weighted by molar-refractivity contribution is 6.00. The molecule has 0 saturated carbocycles. The summed E-state index contributed by atoms with van der Waals surface area (Å²) in [7, 11) is 1.87. The van der Waals surface area contributed by atoms with Gasteiger partial charge in [0.15, 0.2) is 0 Å². The molecule has 3 rings (SSSR count). The number of fused-ring (bicyclic) bond motifs is 1. The summed E-state index contributed by atoms with van der Waals surface area (Å²) in [5, 5.41) is 5.06. The topological polar surface area (TPSA) is 28.2 Å². The van der Waals surface area contributed by atoms with Crippen molar-refractivity contribution < 1.29 is 4.39 Å². The molecule has 20 heavy (non-hydrogen) atoms. The maximum atomic E-state index is 13.6. The fourth-order valence-electron chi connectivity index (χ4n) is 2.93. The summed E-state index contributed by atoms with van der Waals surface area (Å²) in [5.74, 6) is 0.712. The number of halogens is 1. The van der Waals surface area contributed by atoms with Crippen molar-refractivity contribution in [2.24, 2.45) is 0 Å². The molecule has 0 radical (unpaired) electrons. The maximum absolute atomic E-state index is 13.6. The normalized spacial score (nSPS) is 16.2. The maximum Gasteiger partial charge on any atom is 0.136 e. The monoisotopic (exact) mass is 273 g/mol. The number of nitrogens with zero attached hydrogens (tertiary/aromatic N) is 2. The zero-order valence-electron chi connectivity index (χ0n) is 11.8.